The number of fused-ring (bicyclic) bond motifs is 1. The van der Waals surface area contributed by atoms with Crippen molar-refractivity contribution < 1.29 is 0 Å². The van der Waals surface area contributed by atoms with E-state index in [-0.39, 0.29) is 0 Å². The lowest BCUT2D eigenvalue weighted by Crippen LogP contribution is -2.06. The zero-order valence-corrected chi connectivity index (χ0v) is 14.4. The molecule has 1 aromatic heterocycles. The Morgan fingerprint density at radius 1 is 1.32 bits per heavy atom. The summed E-state index contributed by atoms with van der Waals surface area (Å²) in [6.45, 7) is 7.42. The van der Waals surface area contributed by atoms with Gasteiger partial charge in [0.2, 0.25) is 0 Å². The topological polar surface area (TPSA) is 24.9 Å². The second-order valence-corrected chi connectivity index (χ2v) is 6.22. The Bertz CT molecular complexity index is 611. The Hall–Kier alpha value is -0.550. The van der Waals surface area contributed by atoms with E-state index in [9.17, 15) is 0 Å². The van der Waals surface area contributed by atoms with E-state index in [1.165, 1.54) is 11.3 Å². The first-order valence-electron chi connectivity index (χ1n) is 6.60. The summed E-state index contributed by atoms with van der Waals surface area (Å²) in [4.78, 5) is 4.80. The maximum absolute atomic E-state index is 6.20. The molecule has 0 aliphatic rings. The molecular weight excluding hydrogens is 371 g/mol. The highest BCUT2D eigenvalue weighted by Gasteiger charge is 2.13. The molecule has 4 heteroatoms. The van der Waals surface area contributed by atoms with Crippen LogP contribution in [0.5, 0.6) is 0 Å². The molecule has 0 atom stereocenters. The predicted octanol–water partition coefficient (Wildman–Crippen LogP) is 5.19. The summed E-state index contributed by atoms with van der Waals surface area (Å²) in [5.74, 6) is 0. The summed E-state index contributed by atoms with van der Waals surface area (Å²) < 4.78 is 1.11. The zero-order chi connectivity index (χ0) is 14.0. The van der Waals surface area contributed by atoms with Crippen molar-refractivity contribution in [3.63, 3.8) is 0 Å². The molecule has 0 fully saturated rings. The minimum absolute atomic E-state index is 0.766. The third-order valence-corrected chi connectivity index (χ3v) is 4.28. The van der Waals surface area contributed by atoms with Crippen LogP contribution >= 0.6 is 34.2 Å². The Morgan fingerprint density at radius 2 is 2.05 bits per heavy atom. The fraction of sp³-hybridized carbons (Fsp3) is 0.400. The van der Waals surface area contributed by atoms with Crippen molar-refractivity contribution in [3.05, 3.63) is 32.0 Å². The average molecular weight is 389 g/mol. The minimum atomic E-state index is 0.766. The molecule has 0 saturated carbocycles. The molecule has 0 spiro atoms. The number of anilines is 1. The van der Waals surface area contributed by atoms with Crippen molar-refractivity contribution in [2.75, 3.05) is 11.9 Å². The van der Waals surface area contributed by atoms with Crippen molar-refractivity contribution in [1.82, 2.24) is 4.98 Å². The number of aromatic nitrogens is 1. The number of nitrogens with one attached hydrogen (secondary N) is 1. The Morgan fingerprint density at radius 3 is 2.68 bits per heavy atom. The molecule has 2 rings (SSSR count). The monoisotopic (exact) mass is 388 g/mol. The number of pyridine rings is 1. The van der Waals surface area contributed by atoms with E-state index < -0.39 is 0 Å². The van der Waals surface area contributed by atoms with Gasteiger partial charge in [-0.25, -0.2) is 0 Å². The highest BCUT2D eigenvalue weighted by molar-refractivity contribution is 14.1. The van der Waals surface area contributed by atoms with Crippen LogP contribution < -0.4 is 5.32 Å². The van der Waals surface area contributed by atoms with Crippen LogP contribution in [-0.4, -0.2) is 11.5 Å². The third-order valence-electron chi connectivity index (χ3n) is 3.24. The maximum atomic E-state index is 6.20. The number of hydrogen-bond donors (Lipinski definition) is 1. The van der Waals surface area contributed by atoms with Gasteiger partial charge in [0, 0.05) is 31.9 Å². The molecule has 0 unspecified atom stereocenters. The van der Waals surface area contributed by atoms with Gasteiger partial charge in [0.05, 0.1) is 5.52 Å². The number of rotatable bonds is 4. The first-order valence-corrected chi connectivity index (χ1v) is 8.06. The van der Waals surface area contributed by atoms with E-state index in [0.29, 0.717) is 0 Å². The Labute approximate surface area is 133 Å². The molecule has 102 valence electrons. The first-order chi connectivity index (χ1) is 9.08. The molecule has 0 bridgehead atoms. The van der Waals surface area contributed by atoms with Crippen molar-refractivity contribution >= 4 is 50.8 Å². The van der Waals surface area contributed by atoms with Crippen molar-refractivity contribution in [3.8, 4) is 0 Å². The van der Waals surface area contributed by atoms with Crippen molar-refractivity contribution in [1.29, 1.82) is 0 Å². The number of benzene rings is 1. The molecule has 1 heterocycles. The highest BCUT2D eigenvalue weighted by Crippen LogP contribution is 2.33. The fourth-order valence-electron chi connectivity index (χ4n) is 2.26. The van der Waals surface area contributed by atoms with Crippen LogP contribution in [0.2, 0.25) is 5.02 Å². The summed E-state index contributed by atoms with van der Waals surface area (Å²) in [7, 11) is 0. The number of hydrogen-bond acceptors (Lipinski definition) is 2. The molecule has 19 heavy (non-hydrogen) atoms. The van der Waals surface area contributed by atoms with E-state index in [2.05, 4.69) is 48.7 Å². The van der Waals surface area contributed by atoms with E-state index >= 15 is 0 Å². The Balaban J connectivity index is 2.75. The normalized spacial score (nSPS) is 11.0. The van der Waals surface area contributed by atoms with Crippen molar-refractivity contribution in [2.24, 2.45) is 0 Å². The van der Waals surface area contributed by atoms with Crippen LogP contribution in [0.1, 0.15) is 31.5 Å². The molecule has 0 saturated heterocycles. The quantitative estimate of drug-likeness (QED) is 0.730. The van der Waals surface area contributed by atoms with Gasteiger partial charge in [-0.1, -0.05) is 25.4 Å². The fourth-order valence-corrected chi connectivity index (χ4v) is 3.41. The van der Waals surface area contributed by atoms with Gasteiger partial charge in [-0.3, -0.25) is 4.98 Å². The van der Waals surface area contributed by atoms with Crippen LogP contribution in [0.25, 0.3) is 10.9 Å². The number of halogens is 2. The molecule has 1 N–H and O–H groups in total. The van der Waals surface area contributed by atoms with Gasteiger partial charge in [-0.15, -0.1) is 0 Å². The molecular formula is C15H18ClIN2. The lowest BCUT2D eigenvalue weighted by molar-refractivity contribution is 0.970. The molecule has 2 aromatic rings. The SMILES string of the molecule is CCCNc1c(C)c(CC)nc2c(I)cc(Cl)cc12. The summed E-state index contributed by atoms with van der Waals surface area (Å²) in [5, 5.41) is 5.42. The van der Waals surface area contributed by atoms with Gasteiger partial charge in [0.15, 0.2) is 0 Å². The third kappa shape index (κ3) is 2.97. The van der Waals surface area contributed by atoms with Gasteiger partial charge in [0.1, 0.15) is 0 Å². The van der Waals surface area contributed by atoms with Crippen LogP contribution in [0.15, 0.2) is 12.1 Å². The average Bonchev–Trinajstić information content (AvgIpc) is 2.37. The summed E-state index contributed by atoms with van der Waals surface area (Å²) in [6.07, 6.45) is 2.05. The Kier molecular flexibility index (Phi) is 4.90. The van der Waals surface area contributed by atoms with Crippen LogP contribution in [0, 0.1) is 10.5 Å². The molecule has 2 nitrogen and oxygen atoms in total. The van der Waals surface area contributed by atoms with E-state index in [1.807, 2.05) is 12.1 Å². The van der Waals surface area contributed by atoms with E-state index in [1.54, 1.807) is 0 Å². The van der Waals surface area contributed by atoms with Crippen LogP contribution in [-0.2, 0) is 6.42 Å². The van der Waals surface area contributed by atoms with E-state index in [0.717, 1.165) is 44.6 Å². The van der Waals surface area contributed by atoms with Gasteiger partial charge in [-0.05, 0) is 60.1 Å². The zero-order valence-electron chi connectivity index (χ0n) is 11.5. The maximum Gasteiger partial charge on any atom is 0.0860 e. The van der Waals surface area contributed by atoms with E-state index in [4.69, 9.17) is 16.6 Å². The summed E-state index contributed by atoms with van der Waals surface area (Å²) in [6, 6.07) is 3.98. The first kappa shape index (κ1) is 14.9. The molecule has 0 radical (unpaired) electrons. The standard InChI is InChI=1S/C15H18ClIN2/c1-4-6-18-14-9(3)13(5-2)19-15-11(14)7-10(16)8-12(15)17/h7-8H,4-6H2,1-3H3,(H,18,19). The van der Waals surface area contributed by atoms with Gasteiger partial charge in [-0.2, -0.15) is 0 Å². The summed E-state index contributed by atoms with van der Waals surface area (Å²) in [5.41, 5.74) is 4.63. The second kappa shape index (κ2) is 6.27. The summed E-state index contributed by atoms with van der Waals surface area (Å²) >= 11 is 8.50. The number of nitrogens with zero attached hydrogens (tertiary/aromatic N) is 1. The molecule has 1 aromatic carbocycles. The minimum Gasteiger partial charge on any atom is -0.384 e. The lowest BCUT2D eigenvalue weighted by Gasteiger charge is -2.16. The van der Waals surface area contributed by atoms with Crippen LogP contribution in [0.4, 0.5) is 5.69 Å². The second-order valence-electron chi connectivity index (χ2n) is 4.62. The molecule has 0 amide bonds. The van der Waals surface area contributed by atoms with Gasteiger partial charge >= 0.3 is 0 Å². The predicted molar refractivity (Wildman–Crippen MR) is 92.4 cm³/mol. The lowest BCUT2D eigenvalue weighted by atomic mass is 10.1. The van der Waals surface area contributed by atoms with Gasteiger partial charge < -0.3 is 5.32 Å². The smallest absolute Gasteiger partial charge is 0.0860 e. The number of aryl methyl sites for hydroxylation is 1. The van der Waals surface area contributed by atoms with Crippen molar-refractivity contribution in [2.45, 2.75) is 33.6 Å². The van der Waals surface area contributed by atoms with Crippen LogP contribution in [0.3, 0.4) is 0 Å². The molecule has 0 aliphatic heterocycles. The largest absolute Gasteiger partial charge is 0.384 e. The van der Waals surface area contributed by atoms with Gasteiger partial charge in [0.25, 0.3) is 0 Å². The molecule has 0 aliphatic carbocycles. The highest BCUT2D eigenvalue weighted by atomic mass is 127.